The normalized spacial score (nSPS) is 18.1. The monoisotopic (exact) mass is 409 g/mol. The molecule has 0 bridgehead atoms. The van der Waals surface area contributed by atoms with Crippen molar-refractivity contribution in [3.63, 3.8) is 0 Å². The Balaban J connectivity index is 1.35. The van der Waals surface area contributed by atoms with Crippen LogP contribution in [-0.2, 0) is 10.0 Å². The topological polar surface area (TPSA) is 107 Å². The summed E-state index contributed by atoms with van der Waals surface area (Å²) in [6.45, 7) is 1.75. The number of piperazine rings is 1. The number of anilines is 1. The molecule has 0 N–H and O–H groups in total. The number of sulfonamides is 1. The van der Waals surface area contributed by atoms with Gasteiger partial charge in [0.15, 0.2) is 5.82 Å². The summed E-state index contributed by atoms with van der Waals surface area (Å²) in [7, 11) is -3.59. The Morgan fingerprint density at radius 1 is 1.03 bits per heavy atom. The zero-order chi connectivity index (χ0) is 20.0. The summed E-state index contributed by atoms with van der Waals surface area (Å²) < 4.78 is 29.3. The fourth-order valence-electron chi connectivity index (χ4n) is 3.66. The van der Waals surface area contributed by atoms with Crippen molar-refractivity contribution in [2.75, 3.05) is 31.1 Å². The summed E-state index contributed by atoms with van der Waals surface area (Å²) in [6, 6.07) is 8.02. The van der Waals surface area contributed by atoms with E-state index in [1.165, 1.54) is 28.6 Å². The Hall–Kier alpha value is -3.03. The Kier molecular flexibility index (Phi) is 4.22. The molecule has 0 unspecified atom stereocenters. The lowest BCUT2D eigenvalue weighted by molar-refractivity contribution is 0.384. The van der Waals surface area contributed by atoms with E-state index in [0.29, 0.717) is 37.7 Å². The van der Waals surface area contributed by atoms with E-state index in [-0.39, 0.29) is 4.90 Å². The third-order valence-electron chi connectivity index (χ3n) is 5.44. The first-order valence-corrected chi connectivity index (χ1v) is 11.0. The molecular formula is C19H19N7O2S. The summed E-state index contributed by atoms with van der Waals surface area (Å²) in [5, 5.41) is 17.6. The average molecular weight is 409 g/mol. The van der Waals surface area contributed by atoms with E-state index in [4.69, 9.17) is 5.26 Å². The van der Waals surface area contributed by atoms with Gasteiger partial charge in [-0.15, -0.1) is 10.2 Å². The minimum Gasteiger partial charge on any atom is -0.351 e. The maximum atomic E-state index is 12.9. The molecule has 0 spiro atoms. The van der Waals surface area contributed by atoms with Crippen LogP contribution in [0.5, 0.6) is 0 Å². The van der Waals surface area contributed by atoms with E-state index in [0.717, 1.165) is 30.1 Å². The molecule has 2 aromatic heterocycles. The van der Waals surface area contributed by atoms with Gasteiger partial charge < -0.3 is 4.90 Å². The third kappa shape index (κ3) is 3.12. The van der Waals surface area contributed by atoms with E-state index < -0.39 is 10.0 Å². The molecular weight excluding hydrogens is 390 g/mol. The minimum atomic E-state index is -3.59. The van der Waals surface area contributed by atoms with Crippen molar-refractivity contribution in [2.24, 2.45) is 0 Å². The van der Waals surface area contributed by atoms with E-state index in [9.17, 15) is 8.42 Å². The van der Waals surface area contributed by atoms with Crippen LogP contribution in [0.3, 0.4) is 0 Å². The minimum absolute atomic E-state index is 0.205. The molecule has 10 heteroatoms. The quantitative estimate of drug-likeness (QED) is 0.641. The fourth-order valence-corrected chi connectivity index (χ4v) is 5.09. The van der Waals surface area contributed by atoms with Crippen LogP contribution < -0.4 is 4.90 Å². The SMILES string of the molecule is N#Cc1ccc(S(=O)(=O)N2CCN(c3nccn4c(C5CC5)nnc34)CC2)cc1. The van der Waals surface area contributed by atoms with Crippen molar-refractivity contribution in [1.82, 2.24) is 23.9 Å². The van der Waals surface area contributed by atoms with Crippen molar-refractivity contribution < 1.29 is 8.42 Å². The molecule has 1 aliphatic heterocycles. The molecule has 0 atom stereocenters. The first-order valence-electron chi connectivity index (χ1n) is 9.53. The molecule has 5 rings (SSSR count). The van der Waals surface area contributed by atoms with Gasteiger partial charge in [0.2, 0.25) is 15.7 Å². The molecule has 1 aromatic carbocycles. The van der Waals surface area contributed by atoms with Crippen molar-refractivity contribution in [3.05, 3.63) is 48.0 Å². The second-order valence-electron chi connectivity index (χ2n) is 7.30. The van der Waals surface area contributed by atoms with Crippen molar-refractivity contribution in [3.8, 4) is 6.07 Å². The second kappa shape index (κ2) is 6.79. The number of benzene rings is 1. The highest BCUT2D eigenvalue weighted by Gasteiger charge is 2.32. The van der Waals surface area contributed by atoms with Crippen LogP contribution in [0.1, 0.15) is 30.1 Å². The zero-order valence-electron chi connectivity index (χ0n) is 15.6. The first-order chi connectivity index (χ1) is 14.1. The highest BCUT2D eigenvalue weighted by atomic mass is 32.2. The van der Waals surface area contributed by atoms with Crippen LogP contribution in [0.2, 0.25) is 0 Å². The molecule has 3 heterocycles. The van der Waals surface area contributed by atoms with Crippen molar-refractivity contribution in [1.29, 1.82) is 5.26 Å². The number of nitriles is 1. The molecule has 1 saturated carbocycles. The fraction of sp³-hybridized carbons (Fsp3) is 0.368. The average Bonchev–Trinajstić information content (AvgIpc) is 3.52. The van der Waals surface area contributed by atoms with Gasteiger partial charge in [-0.25, -0.2) is 13.4 Å². The molecule has 2 aliphatic rings. The lowest BCUT2D eigenvalue weighted by atomic mass is 10.2. The number of hydrogen-bond donors (Lipinski definition) is 0. The van der Waals surface area contributed by atoms with Crippen molar-refractivity contribution in [2.45, 2.75) is 23.7 Å². The smallest absolute Gasteiger partial charge is 0.243 e. The van der Waals surface area contributed by atoms with E-state index >= 15 is 0 Å². The summed E-state index contributed by atoms with van der Waals surface area (Å²) in [6.07, 6.45) is 5.92. The molecule has 0 amide bonds. The number of rotatable bonds is 4. The predicted molar refractivity (Wildman–Crippen MR) is 105 cm³/mol. The van der Waals surface area contributed by atoms with E-state index in [2.05, 4.69) is 20.1 Å². The van der Waals surface area contributed by atoms with Crippen LogP contribution in [0.25, 0.3) is 5.65 Å². The van der Waals surface area contributed by atoms with Gasteiger partial charge in [0.1, 0.15) is 5.82 Å². The Morgan fingerprint density at radius 3 is 2.41 bits per heavy atom. The summed E-state index contributed by atoms with van der Waals surface area (Å²) in [4.78, 5) is 6.76. The Morgan fingerprint density at radius 2 is 1.76 bits per heavy atom. The van der Waals surface area contributed by atoms with Crippen LogP contribution in [0, 0.1) is 11.3 Å². The number of aromatic nitrogens is 4. The highest BCUT2D eigenvalue weighted by molar-refractivity contribution is 7.89. The van der Waals surface area contributed by atoms with Crippen LogP contribution >= 0.6 is 0 Å². The van der Waals surface area contributed by atoms with Gasteiger partial charge in [0.05, 0.1) is 16.5 Å². The maximum Gasteiger partial charge on any atom is 0.243 e. The molecule has 0 radical (unpaired) electrons. The molecule has 2 fully saturated rings. The lowest BCUT2D eigenvalue weighted by Crippen LogP contribution is -2.49. The first kappa shape index (κ1) is 18.0. The van der Waals surface area contributed by atoms with Crippen molar-refractivity contribution >= 4 is 21.5 Å². The number of fused-ring (bicyclic) bond motifs is 1. The number of hydrogen-bond acceptors (Lipinski definition) is 7. The molecule has 1 aliphatic carbocycles. The molecule has 9 nitrogen and oxygen atoms in total. The molecule has 148 valence electrons. The third-order valence-corrected chi connectivity index (χ3v) is 7.35. The summed E-state index contributed by atoms with van der Waals surface area (Å²) in [5.41, 5.74) is 1.16. The molecule has 1 saturated heterocycles. The summed E-state index contributed by atoms with van der Waals surface area (Å²) >= 11 is 0. The lowest BCUT2D eigenvalue weighted by Gasteiger charge is -2.34. The van der Waals surface area contributed by atoms with Crippen LogP contribution in [0.4, 0.5) is 5.82 Å². The van der Waals surface area contributed by atoms with Gasteiger partial charge in [-0.2, -0.15) is 9.57 Å². The largest absolute Gasteiger partial charge is 0.351 e. The zero-order valence-corrected chi connectivity index (χ0v) is 16.5. The second-order valence-corrected chi connectivity index (χ2v) is 9.24. The van der Waals surface area contributed by atoms with Gasteiger partial charge in [-0.05, 0) is 37.1 Å². The summed E-state index contributed by atoms with van der Waals surface area (Å²) in [5.74, 6) is 2.20. The van der Waals surface area contributed by atoms with Crippen LogP contribution in [-0.4, -0.2) is 58.5 Å². The Bertz CT molecular complexity index is 1200. The highest BCUT2D eigenvalue weighted by Crippen LogP contribution is 2.39. The predicted octanol–water partition coefficient (Wildman–Crippen LogP) is 1.38. The van der Waals surface area contributed by atoms with Gasteiger partial charge in [0, 0.05) is 44.5 Å². The Labute approximate surface area is 168 Å². The van der Waals surface area contributed by atoms with E-state index in [1.54, 1.807) is 6.20 Å². The van der Waals surface area contributed by atoms with Crippen LogP contribution in [0.15, 0.2) is 41.6 Å². The van der Waals surface area contributed by atoms with E-state index in [1.807, 2.05) is 16.7 Å². The molecule has 29 heavy (non-hydrogen) atoms. The standard InChI is InChI=1S/C19H19N7O2S/c20-13-14-1-5-16(6-2-14)29(27,28)25-11-9-24(10-12-25)18-19-23-22-17(15-3-4-15)26(19)8-7-21-18/h1-2,5-8,15H,3-4,9-12H2. The van der Waals surface area contributed by atoms with Gasteiger partial charge in [0.25, 0.3) is 0 Å². The maximum absolute atomic E-state index is 12.9. The van der Waals surface area contributed by atoms with Gasteiger partial charge in [-0.3, -0.25) is 4.40 Å². The van der Waals surface area contributed by atoms with Gasteiger partial charge in [-0.1, -0.05) is 0 Å². The number of nitrogens with zero attached hydrogens (tertiary/aromatic N) is 7. The van der Waals surface area contributed by atoms with Gasteiger partial charge >= 0.3 is 0 Å². The molecule has 3 aromatic rings.